The Hall–Kier alpha value is -4.81. The Morgan fingerprint density at radius 1 is 0.921 bits per heavy atom. The van der Waals surface area contributed by atoms with Crippen molar-refractivity contribution in [2.45, 2.75) is 6.92 Å². The van der Waals surface area contributed by atoms with Gasteiger partial charge in [-0.3, -0.25) is 9.59 Å². The molecule has 2 amide bonds. The average Bonchev–Trinajstić information content (AvgIpc) is 2.92. The minimum absolute atomic E-state index is 0.152. The molecule has 0 saturated heterocycles. The maximum absolute atomic E-state index is 12.6. The second-order valence-electron chi connectivity index (χ2n) is 7.68. The molecule has 0 aliphatic carbocycles. The quantitative estimate of drug-likeness (QED) is 0.211. The second kappa shape index (κ2) is 13.5. The summed E-state index contributed by atoms with van der Waals surface area (Å²) in [5, 5.41) is 15.4. The van der Waals surface area contributed by atoms with Gasteiger partial charge < -0.3 is 24.8 Å². The molecule has 0 aliphatic heterocycles. The molecule has 0 heterocycles. The molecule has 0 aromatic heterocycles. The van der Waals surface area contributed by atoms with Crippen molar-refractivity contribution in [2.75, 3.05) is 31.0 Å². The summed E-state index contributed by atoms with van der Waals surface area (Å²) in [5.41, 5.74) is 1.67. The van der Waals surface area contributed by atoms with Crippen LogP contribution in [0.4, 0.5) is 11.4 Å². The van der Waals surface area contributed by atoms with Crippen molar-refractivity contribution in [3.05, 3.63) is 88.5 Å². The Labute approximate surface area is 224 Å². The molecule has 10 heteroatoms. The van der Waals surface area contributed by atoms with Crippen LogP contribution < -0.4 is 20.1 Å². The van der Waals surface area contributed by atoms with Crippen molar-refractivity contribution in [2.24, 2.45) is 0 Å². The molecule has 3 rings (SSSR count). The van der Waals surface area contributed by atoms with E-state index in [2.05, 4.69) is 15.4 Å². The van der Waals surface area contributed by atoms with Crippen LogP contribution in [0.1, 0.15) is 22.8 Å². The van der Waals surface area contributed by atoms with E-state index in [1.807, 2.05) is 6.07 Å². The van der Waals surface area contributed by atoms with Gasteiger partial charge in [0.05, 0.1) is 19.3 Å². The maximum Gasteiger partial charge on any atom is 0.337 e. The second-order valence-corrected chi connectivity index (χ2v) is 8.11. The van der Waals surface area contributed by atoms with Crippen LogP contribution >= 0.6 is 11.6 Å². The fourth-order valence-corrected chi connectivity index (χ4v) is 3.32. The number of anilines is 2. The van der Waals surface area contributed by atoms with Gasteiger partial charge in [-0.15, -0.1) is 0 Å². The largest absolute Gasteiger partial charge is 0.490 e. The summed E-state index contributed by atoms with van der Waals surface area (Å²) < 4.78 is 15.9. The Morgan fingerprint density at radius 2 is 1.58 bits per heavy atom. The number of nitrogens with one attached hydrogen (secondary N) is 2. The zero-order chi connectivity index (χ0) is 27.5. The normalized spacial score (nSPS) is 10.6. The first-order chi connectivity index (χ1) is 18.3. The molecule has 0 unspecified atom stereocenters. The monoisotopic (exact) mass is 533 g/mol. The number of nitriles is 1. The first kappa shape index (κ1) is 27.8. The van der Waals surface area contributed by atoms with Crippen molar-refractivity contribution in [1.82, 2.24) is 0 Å². The molecule has 0 radical (unpaired) electrons. The molecule has 3 aromatic rings. The molecule has 0 atom stereocenters. The lowest BCUT2D eigenvalue weighted by Gasteiger charge is -2.13. The molecule has 2 N–H and O–H groups in total. The molecule has 3 aromatic carbocycles. The summed E-state index contributed by atoms with van der Waals surface area (Å²) in [6.07, 6.45) is 1.40. The van der Waals surface area contributed by atoms with Gasteiger partial charge in [-0.1, -0.05) is 17.7 Å². The number of carbonyl (C=O) groups is 3. The number of carbonyl (C=O) groups excluding carboxylic acids is 3. The van der Waals surface area contributed by atoms with Gasteiger partial charge in [0.25, 0.3) is 11.8 Å². The van der Waals surface area contributed by atoms with E-state index >= 15 is 0 Å². The number of esters is 1. The van der Waals surface area contributed by atoms with Gasteiger partial charge in [-0.2, -0.15) is 5.26 Å². The van der Waals surface area contributed by atoms with Crippen molar-refractivity contribution in [3.8, 4) is 17.6 Å². The van der Waals surface area contributed by atoms with Crippen LogP contribution in [0.2, 0.25) is 5.02 Å². The van der Waals surface area contributed by atoms with E-state index in [1.165, 1.54) is 37.5 Å². The summed E-state index contributed by atoms with van der Waals surface area (Å²) in [7, 11) is 1.28. The first-order valence-electron chi connectivity index (χ1n) is 11.4. The number of hydrogen-bond acceptors (Lipinski definition) is 7. The lowest BCUT2D eigenvalue weighted by molar-refractivity contribution is -0.118. The molecule has 0 fully saturated rings. The van der Waals surface area contributed by atoms with Gasteiger partial charge in [-0.05, 0) is 79.2 Å². The van der Waals surface area contributed by atoms with E-state index in [9.17, 15) is 19.6 Å². The molecular formula is C28H24ClN3O6. The molecule has 0 saturated carbocycles. The Morgan fingerprint density at radius 3 is 2.21 bits per heavy atom. The average molecular weight is 534 g/mol. The van der Waals surface area contributed by atoms with Gasteiger partial charge in [-0.25, -0.2) is 4.79 Å². The van der Waals surface area contributed by atoms with Crippen LogP contribution in [0.25, 0.3) is 6.08 Å². The SMILES string of the molecule is CCOc1cc(/C=C(\C#N)C(=O)Nc2ccc(C(=O)OC)cc2)ccc1OCC(=O)Nc1ccc(Cl)cc1. The molecule has 0 spiro atoms. The summed E-state index contributed by atoms with van der Waals surface area (Å²) in [4.78, 5) is 36.5. The zero-order valence-electron chi connectivity index (χ0n) is 20.6. The molecule has 0 aliphatic rings. The topological polar surface area (TPSA) is 127 Å². The lowest BCUT2D eigenvalue weighted by Crippen LogP contribution is -2.20. The van der Waals surface area contributed by atoms with Gasteiger partial charge in [0.2, 0.25) is 0 Å². The molecule has 0 bridgehead atoms. The van der Waals surface area contributed by atoms with Crippen LogP contribution in [0.5, 0.6) is 11.5 Å². The Kier molecular flexibility index (Phi) is 9.86. The summed E-state index contributed by atoms with van der Waals surface area (Å²) in [5.74, 6) is -0.835. The minimum atomic E-state index is -0.629. The maximum atomic E-state index is 12.6. The number of amides is 2. The van der Waals surface area contributed by atoms with Crippen LogP contribution in [0.15, 0.2) is 72.3 Å². The summed E-state index contributed by atoms with van der Waals surface area (Å²) >= 11 is 5.85. The van der Waals surface area contributed by atoms with Crippen LogP contribution in [0, 0.1) is 11.3 Å². The smallest absolute Gasteiger partial charge is 0.337 e. The molecule has 38 heavy (non-hydrogen) atoms. The number of hydrogen-bond donors (Lipinski definition) is 2. The fraction of sp³-hybridized carbons (Fsp3) is 0.143. The summed E-state index contributed by atoms with van der Waals surface area (Å²) in [6, 6.07) is 19.4. The van der Waals surface area contributed by atoms with Crippen LogP contribution in [-0.2, 0) is 14.3 Å². The molecule has 194 valence electrons. The highest BCUT2D eigenvalue weighted by Crippen LogP contribution is 2.29. The van der Waals surface area contributed by atoms with E-state index in [-0.39, 0.29) is 18.1 Å². The van der Waals surface area contributed by atoms with Crippen molar-refractivity contribution < 1.29 is 28.6 Å². The number of ether oxygens (including phenoxy) is 3. The Bertz CT molecular complexity index is 1380. The van der Waals surface area contributed by atoms with Crippen molar-refractivity contribution >= 4 is 46.8 Å². The highest BCUT2D eigenvalue weighted by atomic mass is 35.5. The minimum Gasteiger partial charge on any atom is -0.490 e. The van der Waals surface area contributed by atoms with E-state index in [1.54, 1.807) is 49.4 Å². The van der Waals surface area contributed by atoms with Crippen molar-refractivity contribution in [3.63, 3.8) is 0 Å². The number of benzene rings is 3. The van der Waals surface area contributed by atoms with E-state index in [0.717, 1.165) is 0 Å². The van der Waals surface area contributed by atoms with Gasteiger partial charge in [0.1, 0.15) is 11.6 Å². The number of methoxy groups -OCH3 is 1. The number of halogens is 1. The zero-order valence-corrected chi connectivity index (χ0v) is 21.4. The third-order valence-corrected chi connectivity index (χ3v) is 5.25. The van der Waals surface area contributed by atoms with E-state index in [0.29, 0.717) is 45.6 Å². The third-order valence-electron chi connectivity index (χ3n) is 4.99. The van der Waals surface area contributed by atoms with Crippen molar-refractivity contribution in [1.29, 1.82) is 5.26 Å². The van der Waals surface area contributed by atoms with Gasteiger partial charge in [0.15, 0.2) is 18.1 Å². The van der Waals surface area contributed by atoms with Gasteiger partial charge in [0, 0.05) is 16.4 Å². The Balaban J connectivity index is 1.69. The highest BCUT2D eigenvalue weighted by molar-refractivity contribution is 6.30. The summed E-state index contributed by atoms with van der Waals surface area (Å²) in [6.45, 7) is 1.85. The number of nitrogens with zero attached hydrogens (tertiary/aromatic N) is 1. The first-order valence-corrected chi connectivity index (χ1v) is 11.8. The van der Waals surface area contributed by atoms with Crippen LogP contribution in [0.3, 0.4) is 0 Å². The highest BCUT2D eigenvalue weighted by Gasteiger charge is 2.13. The predicted octanol–water partition coefficient (Wildman–Crippen LogP) is 5.09. The van der Waals surface area contributed by atoms with Crippen LogP contribution in [-0.4, -0.2) is 38.1 Å². The van der Waals surface area contributed by atoms with E-state index in [4.69, 9.17) is 21.1 Å². The molecule has 9 nitrogen and oxygen atoms in total. The standard InChI is InChI=1S/C28H24ClN3O6/c1-3-37-25-15-18(4-13-24(25)38-17-26(33)31-22-11-7-21(29)8-12-22)14-20(16-30)27(34)32-23-9-5-19(6-10-23)28(35)36-2/h4-15H,3,17H2,1-2H3,(H,31,33)(H,32,34)/b20-14+. The lowest BCUT2D eigenvalue weighted by atomic mass is 10.1. The molecular weight excluding hydrogens is 510 g/mol. The third kappa shape index (κ3) is 7.85. The predicted molar refractivity (Wildman–Crippen MR) is 143 cm³/mol. The number of rotatable bonds is 10. The fourth-order valence-electron chi connectivity index (χ4n) is 3.20. The van der Waals surface area contributed by atoms with Gasteiger partial charge >= 0.3 is 5.97 Å². The van der Waals surface area contributed by atoms with E-state index < -0.39 is 11.9 Å².